The van der Waals surface area contributed by atoms with Gasteiger partial charge in [-0.3, -0.25) is 0 Å². The Morgan fingerprint density at radius 1 is 1.21 bits per heavy atom. The molecule has 0 bridgehead atoms. The Kier molecular flexibility index (Phi) is 7.47. The summed E-state index contributed by atoms with van der Waals surface area (Å²) in [6.45, 7) is 7.75. The number of rotatable bonds is 8. The standard InChI is InChI=1S/C16H26BrNO/c1-5-12(6-2)16(18-7-3)11-13-10-14(19-4)8-9-15(13)17/h8-10,12,16,18H,5-7,11H2,1-4H3. The third-order valence-corrected chi connectivity index (χ3v) is 4.55. The van der Waals surface area contributed by atoms with Crippen molar-refractivity contribution < 1.29 is 4.74 Å². The second-order valence-electron chi connectivity index (χ2n) is 4.90. The minimum absolute atomic E-state index is 0.531. The monoisotopic (exact) mass is 327 g/mol. The zero-order valence-corrected chi connectivity index (χ0v) is 14.1. The van der Waals surface area contributed by atoms with Crippen molar-refractivity contribution in [3.05, 3.63) is 28.2 Å². The zero-order chi connectivity index (χ0) is 14.3. The van der Waals surface area contributed by atoms with Gasteiger partial charge in [0, 0.05) is 10.5 Å². The molecule has 0 saturated heterocycles. The summed E-state index contributed by atoms with van der Waals surface area (Å²) in [5.74, 6) is 1.65. The van der Waals surface area contributed by atoms with E-state index in [1.165, 1.54) is 22.9 Å². The molecular formula is C16H26BrNO. The molecule has 1 aromatic carbocycles. The SMILES string of the molecule is CCNC(Cc1cc(OC)ccc1Br)C(CC)CC. The summed E-state index contributed by atoms with van der Waals surface area (Å²) in [7, 11) is 1.72. The van der Waals surface area contributed by atoms with Gasteiger partial charge in [0.1, 0.15) is 5.75 Å². The Morgan fingerprint density at radius 3 is 2.42 bits per heavy atom. The maximum atomic E-state index is 5.32. The van der Waals surface area contributed by atoms with Crippen LogP contribution in [0, 0.1) is 5.92 Å². The van der Waals surface area contributed by atoms with E-state index in [4.69, 9.17) is 4.74 Å². The molecule has 0 aliphatic carbocycles. The maximum absolute atomic E-state index is 5.32. The lowest BCUT2D eigenvalue weighted by Crippen LogP contribution is -2.37. The normalized spacial score (nSPS) is 12.7. The highest BCUT2D eigenvalue weighted by Crippen LogP contribution is 2.26. The largest absolute Gasteiger partial charge is 0.497 e. The van der Waals surface area contributed by atoms with Crippen LogP contribution in [0.5, 0.6) is 5.75 Å². The molecule has 2 nitrogen and oxygen atoms in total. The molecule has 0 aromatic heterocycles. The van der Waals surface area contributed by atoms with Gasteiger partial charge in [0.2, 0.25) is 0 Å². The summed E-state index contributed by atoms with van der Waals surface area (Å²) >= 11 is 3.65. The number of benzene rings is 1. The molecular weight excluding hydrogens is 302 g/mol. The Bertz CT molecular complexity index is 377. The van der Waals surface area contributed by atoms with Crippen LogP contribution in [0.25, 0.3) is 0 Å². The van der Waals surface area contributed by atoms with Crippen LogP contribution in [0.15, 0.2) is 22.7 Å². The van der Waals surface area contributed by atoms with Gasteiger partial charge >= 0.3 is 0 Å². The van der Waals surface area contributed by atoms with Crippen LogP contribution in [0.1, 0.15) is 39.2 Å². The third-order valence-electron chi connectivity index (χ3n) is 3.78. The van der Waals surface area contributed by atoms with Crippen LogP contribution >= 0.6 is 15.9 Å². The quantitative estimate of drug-likeness (QED) is 0.763. The van der Waals surface area contributed by atoms with Crippen LogP contribution in [0.2, 0.25) is 0 Å². The summed E-state index contributed by atoms with van der Waals surface area (Å²) in [5, 5.41) is 3.64. The number of methoxy groups -OCH3 is 1. The van der Waals surface area contributed by atoms with Crippen LogP contribution in [0.4, 0.5) is 0 Å². The molecule has 0 fully saturated rings. The number of nitrogens with one attached hydrogen (secondary N) is 1. The molecule has 0 saturated carbocycles. The fourth-order valence-electron chi connectivity index (χ4n) is 2.60. The van der Waals surface area contributed by atoms with Crippen molar-refractivity contribution >= 4 is 15.9 Å². The predicted molar refractivity (Wildman–Crippen MR) is 85.9 cm³/mol. The fraction of sp³-hybridized carbons (Fsp3) is 0.625. The molecule has 0 spiro atoms. The van der Waals surface area contributed by atoms with E-state index in [9.17, 15) is 0 Å². The highest BCUT2D eigenvalue weighted by Gasteiger charge is 2.19. The number of hydrogen-bond donors (Lipinski definition) is 1. The lowest BCUT2D eigenvalue weighted by Gasteiger charge is -2.26. The van der Waals surface area contributed by atoms with Crippen LogP contribution in [-0.2, 0) is 6.42 Å². The predicted octanol–water partition coefficient (Wildman–Crippen LogP) is 4.41. The Morgan fingerprint density at radius 2 is 1.89 bits per heavy atom. The van der Waals surface area contributed by atoms with Gasteiger partial charge in [-0.15, -0.1) is 0 Å². The van der Waals surface area contributed by atoms with Crippen molar-refractivity contribution in [2.24, 2.45) is 5.92 Å². The molecule has 1 rings (SSSR count). The molecule has 3 heteroatoms. The maximum Gasteiger partial charge on any atom is 0.119 e. The van der Waals surface area contributed by atoms with Crippen LogP contribution in [-0.4, -0.2) is 19.7 Å². The minimum Gasteiger partial charge on any atom is -0.497 e. The zero-order valence-electron chi connectivity index (χ0n) is 12.5. The van der Waals surface area contributed by atoms with E-state index in [2.05, 4.69) is 54.2 Å². The van der Waals surface area contributed by atoms with Gasteiger partial charge < -0.3 is 10.1 Å². The van der Waals surface area contributed by atoms with Crippen LogP contribution in [0.3, 0.4) is 0 Å². The van der Waals surface area contributed by atoms with Gasteiger partial charge in [0.25, 0.3) is 0 Å². The molecule has 0 radical (unpaired) electrons. The topological polar surface area (TPSA) is 21.3 Å². The van der Waals surface area contributed by atoms with E-state index < -0.39 is 0 Å². The lowest BCUT2D eigenvalue weighted by atomic mass is 9.89. The average molecular weight is 328 g/mol. The van der Waals surface area contributed by atoms with Crippen molar-refractivity contribution in [1.29, 1.82) is 0 Å². The molecule has 108 valence electrons. The van der Waals surface area contributed by atoms with E-state index in [-0.39, 0.29) is 0 Å². The van der Waals surface area contributed by atoms with Gasteiger partial charge in [0.05, 0.1) is 7.11 Å². The first kappa shape index (κ1) is 16.5. The van der Waals surface area contributed by atoms with E-state index in [0.717, 1.165) is 24.6 Å². The van der Waals surface area contributed by atoms with Crippen LogP contribution < -0.4 is 10.1 Å². The first-order chi connectivity index (χ1) is 9.15. The second-order valence-corrected chi connectivity index (χ2v) is 5.76. The van der Waals surface area contributed by atoms with E-state index in [1.807, 2.05) is 6.07 Å². The summed E-state index contributed by atoms with van der Waals surface area (Å²) in [4.78, 5) is 0. The molecule has 0 heterocycles. The first-order valence-corrected chi connectivity index (χ1v) is 8.01. The van der Waals surface area contributed by atoms with E-state index >= 15 is 0 Å². The molecule has 1 N–H and O–H groups in total. The van der Waals surface area contributed by atoms with Gasteiger partial charge in [-0.05, 0) is 42.6 Å². The highest BCUT2D eigenvalue weighted by molar-refractivity contribution is 9.10. The van der Waals surface area contributed by atoms with Crippen molar-refractivity contribution in [3.63, 3.8) is 0 Å². The van der Waals surface area contributed by atoms with E-state index in [1.54, 1.807) is 7.11 Å². The number of hydrogen-bond acceptors (Lipinski definition) is 2. The number of likely N-dealkylation sites (N-methyl/N-ethyl adjacent to an activating group) is 1. The minimum atomic E-state index is 0.531. The van der Waals surface area contributed by atoms with E-state index in [0.29, 0.717) is 6.04 Å². The Hall–Kier alpha value is -0.540. The first-order valence-electron chi connectivity index (χ1n) is 7.21. The number of halogens is 1. The number of ether oxygens (including phenoxy) is 1. The molecule has 0 aliphatic heterocycles. The van der Waals surface area contributed by atoms with Gasteiger partial charge in [0.15, 0.2) is 0 Å². The van der Waals surface area contributed by atoms with Crippen molar-refractivity contribution in [3.8, 4) is 5.75 Å². The third kappa shape index (κ3) is 4.81. The summed E-state index contributed by atoms with van der Waals surface area (Å²) in [6.07, 6.45) is 3.48. The van der Waals surface area contributed by atoms with Gasteiger partial charge in [-0.25, -0.2) is 0 Å². The molecule has 0 amide bonds. The lowest BCUT2D eigenvalue weighted by molar-refractivity contribution is 0.336. The molecule has 19 heavy (non-hydrogen) atoms. The Balaban J connectivity index is 2.88. The Labute approximate surface area is 126 Å². The van der Waals surface area contributed by atoms with Gasteiger partial charge in [-0.2, -0.15) is 0 Å². The molecule has 1 atom stereocenters. The summed E-state index contributed by atoms with van der Waals surface area (Å²) in [6, 6.07) is 6.73. The van der Waals surface area contributed by atoms with Crippen molar-refractivity contribution in [2.75, 3.05) is 13.7 Å². The summed E-state index contributed by atoms with van der Waals surface area (Å²) in [5.41, 5.74) is 1.32. The summed E-state index contributed by atoms with van der Waals surface area (Å²) < 4.78 is 6.49. The van der Waals surface area contributed by atoms with Crippen molar-refractivity contribution in [2.45, 2.75) is 46.1 Å². The molecule has 1 aromatic rings. The second kappa shape index (κ2) is 8.60. The van der Waals surface area contributed by atoms with Crippen molar-refractivity contribution in [1.82, 2.24) is 5.32 Å². The highest BCUT2D eigenvalue weighted by atomic mass is 79.9. The molecule has 1 unspecified atom stereocenters. The fourth-order valence-corrected chi connectivity index (χ4v) is 3.01. The smallest absolute Gasteiger partial charge is 0.119 e. The average Bonchev–Trinajstić information content (AvgIpc) is 2.42. The molecule has 0 aliphatic rings. The van der Waals surface area contributed by atoms with Gasteiger partial charge in [-0.1, -0.05) is 49.5 Å².